The van der Waals surface area contributed by atoms with E-state index in [1.165, 1.54) is 6.20 Å². The van der Waals surface area contributed by atoms with E-state index < -0.39 is 0 Å². The Kier molecular flexibility index (Phi) is 5.84. The summed E-state index contributed by atoms with van der Waals surface area (Å²) in [4.78, 5) is 7.71. The van der Waals surface area contributed by atoms with Gasteiger partial charge in [0.25, 0.3) is 0 Å². The van der Waals surface area contributed by atoms with Gasteiger partial charge in [-0.05, 0) is 0 Å². The van der Waals surface area contributed by atoms with Crippen molar-refractivity contribution in [3.63, 3.8) is 0 Å². The summed E-state index contributed by atoms with van der Waals surface area (Å²) in [5.74, 6) is 0.705. The first-order valence-electron chi connectivity index (χ1n) is 4.82. The third-order valence-electron chi connectivity index (χ3n) is 1.73. The van der Waals surface area contributed by atoms with Crippen LogP contribution in [-0.4, -0.2) is 43.4 Å². The fraction of sp³-hybridized carbons (Fsp3) is 0.556. The van der Waals surface area contributed by atoms with E-state index in [-0.39, 0.29) is 5.95 Å². The zero-order chi connectivity index (χ0) is 11.8. The molecule has 16 heavy (non-hydrogen) atoms. The van der Waals surface area contributed by atoms with Crippen molar-refractivity contribution in [2.24, 2.45) is 0 Å². The summed E-state index contributed by atoms with van der Waals surface area (Å²) in [6.07, 6.45) is 1.46. The van der Waals surface area contributed by atoms with E-state index in [4.69, 9.17) is 26.8 Å². The number of hydrogen-bond acceptors (Lipinski definition) is 6. The molecule has 6 nitrogen and oxygen atoms in total. The van der Waals surface area contributed by atoms with Crippen molar-refractivity contribution in [3.05, 3.63) is 11.2 Å². The predicted molar refractivity (Wildman–Crippen MR) is 62.6 cm³/mol. The fourth-order valence-electron chi connectivity index (χ4n) is 0.991. The van der Waals surface area contributed by atoms with Gasteiger partial charge in [0.1, 0.15) is 5.02 Å². The Morgan fingerprint density at radius 2 is 2.25 bits per heavy atom. The van der Waals surface area contributed by atoms with Crippen molar-refractivity contribution >= 4 is 23.4 Å². The zero-order valence-corrected chi connectivity index (χ0v) is 9.83. The van der Waals surface area contributed by atoms with Crippen LogP contribution in [0.4, 0.5) is 11.8 Å². The number of ether oxygens (including phenoxy) is 2. The predicted octanol–water partition coefficient (Wildman–Crippen LogP) is 0.787. The maximum atomic E-state index is 5.85. The molecule has 0 aromatic carbocycles. The standard InChI is InChI=1S/C9H15ClN4O2/c1-15-4-5-16-3-2-12-8-7(10)6-13-9(11)14-8/h6H,2-5H2,1H3,(H3,11,12,13,14). The highest BCUT2D eigenvalue weighted by Gasteiger charge is 2.02. The van der Waals surface area contributed by atoms with E-state index >= 15 is 0 Å². The third-order valence-corrected chi connectivity index (χ3v) is 2.01. The summed E-state index contributed by atoms with van der Waals surface area (Å²) in [5, 5.41) is 3.44. The van der Waals surface area contributed by atoms with Crippen LogP contribution in [0.25, 0.3) is 0 Å². The van der Waals surface area contributed by atoms with Crippen molar-refractivity contribution in [2.75, 3.05) is 44.5 Å². The highest BCUT2D eigenvalue weighted by Crippen LogP contribution is 2.17. The van der Waals surface area contributed by atoms with Crippen molar-refractivity contribution in [3.8, 4) is 0 Å². The van der Waals surface area contributed by atoms with Gasteiger partial charge in [0.05, 0.1) is 26.0 Å². The van der Waals surface area contributed by atoms with Crippen LogP contribution >= 0.6 is 11.6 Å². The Morgan fingerprint density at radius 3 is 3.00 bits per heavy atom. The van der Waals surface area contributed by atoms with Crippen LogP contribution in [-0.2, 0) is 9.47 Å². The van der Waals surface area contributed by atoms with Crippen molar-refractivity contribution in [1.82, 2.24) is 9.97 Å². The van der Waals surface area contributed by atoms with Gasteiger partial charge in [0.15, 0.2) is 5.82 Å². The molecule has 0 amide bonds. The van der Waals surface area contributed by atoms with Gasteiger partial charge >= 0.3 is 0 Å². The maximum Gasteiger partial charge on any atom is 0.222 e. The lowest BCUT2D eigenvalue weighted by atomic mass is 10.5. The largest absolute Gasteiger partial charge is 0.382 e. The van der Waals surface area contributed by atoms with Crippen LogP contribution in [0, 0.1) is 0 Å². The topological polar surface area (TPSA) is 82.3 Å². The molecule has 1 rings (SSSR count). The monoisotopic (exact) mass is 246 g/mol. The van der Waals surface area contributed by atoms with Gasteiger partial charge in [0.2, 0.25) is 5.95 Å². The number of halogens is 1. The van der Waals surface area contributed by atoms with Gasteiger partial charge in [-0.3, -0.25) is 0 Å². The van der Waals surface area contributed by atoms with E-state index in [9.17, 15) is 0 Å². The second-order valence-electron chi connectivity index (χ2n) is 2.96. The molecule has 7 heteroatoms. The van der Waals surface area contributed by atoms with Crippen LogP contribution < -0.4 is 11.1 Å². The molecular formula is C9H15ClN4O2. The molecule has 0 atom stereocenters. The Labute approximate surface area is 99.1 Å². The van der Waals surface area contributed by atoms with Gasteiger partial charge in [-0.25, -0.2) is 4.98 Å². The molecule has 0 aliphatic carbocycles. The molecule has 1 aromatic rings. The third kappa shape index (κ3) is 4.61. The molecule has 1 heterocycles. The minimum absolute atomic E-state index is 0.187. The molecule has 90 valence electrons. The molecule has 0 aliphatic rings. The van der Waals surface area contributed by atoms with Crippen LogP contribution in [0.15, 0.2) is 6.20 Å². The number of hydrogen-bond donors (Lipinski definition) is 2. The maximum absolute atomic E-state index is 5.85. The van der Waals surface area contributed by atoms with Crippen LogP contribution in [0.2, 0.25) is 5.02 Å². The SMILES string of the molecule is COCCOCCNc1nc(N)ncc1Cl. The highest BCUT2D eigenvalue weighted by atomic mass is 35.5. The summed E-state index contributed by atoms with van der Waals surface area (Å²) < 4.78 is 10.1. The number of nitrogens with one attached hydrogen (secondary N) is 1. The number of nitrogen functional groups attached to an aromatic ring is 1. The molecular weight excluding hydrogens is 232 g/mol. The fourth-order valence-corrected chi connectivity index (χ4v) is 1.15. The Morgan fingerprint density at radius 1 is 1.44 bits per heavy atom. The van der Waals surface area contributed by atoms with Crippen LogP contribution in [0.3, 0.4) is 0 Å². The van der Waals surface area contributed by atoms with Gasteiger partial charge in [-0.15, -0.1) is 0 Å². The molecule has 3 N–H and O–H groups in total. The lowest BCUT2D eigenvalue weighted by Gasteiger charge is -2.07. The minimum Gasteiger partial charge on any atom is -0.382 e. The van der Waals surface area contributed by atoms with E-state index in [1.54, 1.807) is 7.11 Å². The lowest BCUT2D eigenvalue weighted by Crippen LogP contribution is -2.13. The average molecular weight is 247 g/mol. The number of nitrogens with zero attached hydrogens (tertiary/aromatic N) is 2. The van der Waals surface area contributed by atoms with E-state index in [0.29, 0.717) is 37.2 Å². The van der Waals surface area contributed by atoms with Gasteiger partial charge in [-0.2, -0.15) is 4.98 Å². The molecule has 0 aliphatic heterocycles. The summed E-state index contributed by atoms with van der Waals surface area (Å²) in [5.41, 5.74) is 5.43. The Balaban J connectivity index is 2.23. The Bertz CT molecular complexity index is 324. The molecule has 0 fully saturated rings. The van der Waals surface area contributed by atoms with Crippen molar-refractivity contribution < 1.29 is 9.47 Å². The van der Waals surface area contributed by atoms with Crippen LogP contribution in [0.1, 0.15) is 0 Å². The number of anilines is 2. The molecule has 0 saturated carbocycles. The van der Waals surface area contributed by atoms with Crippen molar-refractivity contribution in [1.29, 1.82) is 0 Å². The molecule has 0 spiro atoms. The second-order valence-corrected chi connectivity index (χ2v) is 3.36. The molecule has 0 radical (unpaired) electrons. The number of nitrogens with two attached hydrogens (primary N) is 1. The zero-order valence-electron chi connectivity index (χ0n) is 9.07. The van der Waals surface area contributed by atoms with E-state index in [2.05, 4.69) is 15.3 Å². The first-order chi connectivity index (χ1) is 7.74. The quantitative estimate of drug-likeness (QED) is 0.692. The first-order valence-corrected chi connectivity index (χ1v) is 5.20. The summed E-state index contributed by atoms with van der Waals surface area (Å²) in [6.45, 7) is 2.29. The summed E-state index contributed by atoms with van der Waals surface area (Å²) in [7, 11) is 1.63. The highest BCUT2D eigenvalue weighted by molar-refractivity contribution is 6.32. The van der Waals surface area contributed by atoms with E-state index in [1.807, 2.05) is 0 Å². The smallest absolute Gasteiger partial charge is 0.222 e. The Hall–Kier alpha value is -1.11. The van der Waals surface area contributed by atoms with Gasteiger partial charge in [-0.1, -0.05) is 11.6 Å². The average Bonchev–Trinajstić information content (AvgIpc) is 2.28. The number of methoxy groups -OCH3 is 1. The van der Waals surface area contributed by atoms with Gasteiger partial charge < -0.3 is 20.5 Å². The normalized spacial score (nSPS) is 10.4. The van der Waals surface area contributed by atoms with E-state index in [0.717, 1.165) is 0 Å². The van der Waals surface area contributed by atoms with Crippen LogP contribution in [0.5, 0.6) is 0 Å². The lowest BCUT2D eigenvalue weighted by molar-refractivity contribution is 0.0759. The van der Waals surface area contributed by atoms with Gasteiger partial charge in [0, 0.05) is 13.7 Å². The molecule has 0 saturated heterocycles. The summed E-state index contributed by atoms with van der Waals surface area (Å²) in [6, 6.07) is 0. The summed E-state index contributed by atoms with van der Waals surface area (Å²) >= 11 is 5.85. The molecule has 1 aromatic heterocycles. The molecule has 0 bridgehead atoms. The number of rotatable bonds is 7. The minimum atomic E-state index is 0.187. The number of aromatic nitrogens is 2. The second kappa shape index (κ2) is 7.21. The van der Waals surface area contributed by atoms with Crippen molar-refractivity contribution in [2.45, 2.75) is 0 Å². The molecule has 0 unspecified atom stereocenters. The first kappa shape index (κ1) is 13.0.